The molecule has 0 saturated heterocycles. The minimum atomic E-state index is -3.68. The monoisotopic (exact) mass is 318 g/mol. The third kappa shape index (κ3) is 2.60. The van der Waals surface area contributed by atoms with Crippen molar-refractivity contribution in [2.45, 2.75) is 35.4 Å². The summed E-state index contributed by atoms with van der Waals surface area (Å²) in [5.74, 6) is -0.439. The van der Waals surface area contributed by atoms with E-state index in [0.29, 0.717) is 12.8 Å². The van der Waals surface area contributed by atoms with Crippen molar-refractivity contribution in [1.29, 1.82) is 0 Å². The normalized spacial score (nSPS) is 23.4. The molecule has 2 rings (SSSR count). The Morgan fingerprint density at radius 1 is 1.35 bits per heavy atom. The lowest BCUT2D eigenvalue weighted by Crippen LogP contribution is -2.27. The van der Waals surface area contributed by atoms with E-state index in [1.54, 1.807) is 0 Å². The molecule has 0 spiro atoms. The smallest absolute Gasteiger partial charge is 0.186 e. The summed E-state index contributed by atoms with van der Waals surface area (Å²) in [5.41, 5.74) is 5.60. The van der Waals surface area contributed by atoms with Gasteiger partial charge in [-0.15, -0.1) is 0 Å². The van der Waals surface area contributed by atoms with E-state index < -0.39 is 20.8 Å². The molecule has 20 heavy (non-hydrogen) atoms. The topological polar surface area (TPSA) is 83.6 Å². The van der Waals surface area contributed by atoms with Crippen LogP contribution in [0.1, 0.15) is 19.3 Å². The van der Waals surface area contributed by atoms with Gasteiger partial charge in [-0.2, -0.15) is 0 Å². The summed E-state index contributed by atoms with van der Waals surface area (Å²) in [5, 5.41) is 9.44. The largest absolute Gasteiger partial charge is 0.504 e. The SMILES string of the molecule is CN(C)C1CC[C@H](S(=O)(=O)c2c(Cl)ccc(N)c2O)C1. The van der Waals surface area contributed by atoms with Gasteiger partial charge < -0.3 is 15.7 Å². The molecule has 0 heterocycles. The average Bonchev–Trinajstić information content (AvgIpc) is 2.84. The van der Waals surface area contributed by atoms with Crippen molar-refractivity contribution in [3.63, 3.8) is 0 Å². The maximum Gasteiger partial charge on any atom is 0.186 e. The fourth-order valence-electron chi connectivity index (χ4n) is 2.67. The van der Waals surface area contributed by atoms with Gasteiger partial charge in [0.1, 0.15) is 4.90 Å². The van der Waals surface area contributed by atoms with Crippen molar-refractivity contribution in [1.82, 2.24) is 4.90 Å². The van der Waals surface area contributed by atoms with Crippen LogP contribution in [-0.4, -0.2) is 43.8 Å². The lowest BCUT2D eigenvalue weighted by molar-refractivity contribution is 0.299. The van der Waals surface area contributed by atoms with Gasteiger partial charge in [-0.05, 0) is 45.5 Å². The number of phenolic OH excluding ortho intramolecular Hbond substituents is 1. The molecule has 112 valence electrons. The minimum absolute atomic E-state index is 0.0185. The highest BCUT2D eigenvalue weighted by Gasteiger charge is 2.38. The summed E-state index contributed by atoms with van der Waals surface area (Å²) in [6, 6.07) is 3.03. The Labute approximate surface area is 124 Å². The first-order valence-corrected chi connectivity index (χ1v) is 8.35. The number of aromatic hydroxyl groups is 1. The molecule has 0 aromatic heterocycles. The van der Waals surface area contributed by atoms with E-state index in [0.717, 1.165) is 6.42 Å². The quantitative estimate of drug-likeness (QED) is 0.656. The Kier molecular flexibility index (Phi) is 4.18. The first kappa shape index (κ1) is 15.4. The Morgan fingerprint density at radius 2 is 2.00 bits per heavy atom. The van der Waals surface area contributed by atoms with Gasteiger partial charge in [0.15, 0.2) is 15.6 Å². The molecule has 0 bridgehead atoms. The molecule has 5 nitrogen and oxygen atoms in total. The van der Waals surface area contributed by atoms with Crippen molar-refractivity contribution >= 4 is 27.1 Å². The number of nitrogen functional groups attached to an aromatic ring is 1. The number of hydrogen-bond donors (Lipinski definition) is 2. The number of nitrogens with zero attached hydrogens (tertiary/aromatic N) is 1. The Hall–Kier alpha value is -0.980. The first-order chi connectivity index (χ1) is 9.25. The van der Waals surface area contributed by atoms with Gasteiger partial charge >= 0.3 is 0 Å². The van der Waals surface area contributed by atoms with Crippen LogP contribution < -0.4 is 5.73 Å². The second kappa shape index (κ2) is 5.42. The van der Waals surface area contributed by atoms with Crippen molar-refractivity contribution in [3.05, 3.63) is 17.2 Å². The third-order valence-electron chi connectivity index (χ3n) is 3.93. The number of hydrogen-bond acceptors (Lipinski definition) is 5. The molecule has 1 fully saturated rings. The maximum absolute atomic E-state index is 12.7. The van der Waals surface area contributed by atoms with Crippen LogP contribution in [0.25, 0.3) is 0 Å². The molecule has 0 amide bonds. The average molecular weight is 319 g/mol. The molecular formula is C13H19ClN2O3S. The van der Waals surface area contributed by atoms with Crippen LogP contribution in [0.2, 0.25) is 5.02 Å². The van der Waals surface area contributed by atoms with E-state index in [4.69, 9.17) is 17.3 Å². The zero-order chi connectivity index (χ0) is 15.1. The lowest BCUT2D eigenvalue weighted by atomic mass is 10.2. The summed E-state index contributed by atoms with van der Waals surface area (Å²) < 4.78 is 25.4. The standard InChI is InChI=1S/C13H19ClN2O3S/c1-16(2)8-3-4-9(7-8)20(18,19)13-10(14)5-6-11(15)12(13)17/h5-6,8-9,17H,3-4,7,15H2,1-2H3/t8?,9-/m0/s1. The van der Waals surface area contributed by atoms with Gasteiger partial charge in [-0.1, -0.05) is 11.6 Å². The molecular weight excluding hydrogens is 300 g/mol. The first-order valence-electron chi connectivity index (χ1n) is 6.42. The second-order valence-corrected chi connectivity index (χ2v) is 7.98. The molecule has 1 aromatic carbocycles. The summed E-state index contributed by atoms with van der Waals surface area (Å²) >= 11 is 5.96. The minimum Gasteiger partial charge on any atom is -0.504 e. The van der Waals surface area contributed by atoms with E-state index in [-0.39, 0.29) is 21.6 Å². The van der Waals surface area contributed by atoms with Gasteiger partial charge in [0.05, 0.1) is 16.0 Å². The van der Waals surface area contributed by atoms with Crippen LogP contribution >= 0.6 is 11.6 Å². The number of phenols is 1. The van der Waals surface area contributed by atoms with Gasteiger partial charge in [-0.25, -0.2) is 8.42 Å². The summed E-state index contributed by atoms with van der Waals surface area (Å²) in [7, 11) is 0.193. The molecule has 1 unspecified atom stereocenters. The summed E-state index contributed by atoms with van der Waals surface area (Å²) in [4.78, 5) is 1.79. The van der Waals surface area contributed by atoms with Crippen LogP contribution in [0.5, 0.6) is 5.75 Å². The van der Waals surface area contributed by atoms with E-state index in [9.17, 15) is 13.5 Å². The number of benzene rings is 1. The van der Waals surface area contributed by atoms with Gasteiger partial charge in [0.2, 0.25) is 0 Å². The van der Waals surface area contributed by atoms with Crippen LogP contribution in [0, 0.1) is 0 Å². The predicted molar refractivity (Wildman–Crippen MR) is 79.8 cm³/mol. The Morgan fingerprint density at radius 3 is 2.55 bits per heavy atom. The molecule has 1 saturated carbocycles. The zero-order valence-corrected chi connectivity index (χ0v) is 13.1. The number of nitrogens with two attached hydrogens (primary N) is 1. The molecule has 2 atom stereocenters. The van der Waals surface area contributed by atoms with Crippen molar-refractivity contribution in [2.75, 3.05) is 19.8 Å². The van der Waals surface area contributed by atoms with Gasteiger partial charge in [-0.3, -0.25) is 0 Å². The molecule has 0 aliphatic heterocycles. The molecule has 1 aliphatic rings. The highest BCUT2D eigenvalue weighted by atomic mass is 35.5. The van der Waals surface area contributed by atoms with Crippen molar-refractivity contribution < 1.29 is 13.5 Å². The fourth-order valence-corrected chi connectivity index (χ4v) is 5.12. The number of halogens is 1. The highest BCUT2D eigenvalue weighted by molar-refractivity contribution is 7.92. The van der Waals surface area contributed by atoms with E-state index in [2.05, 4.69) is 0 Å². The third-order valence-corrected chi connectivity index (χ3v) is 6.64. The predicted octanol–water partition coefficient (Wildman–Crippen LogP) is 1.88. The van der Waals surface area contributed by atoms with Crippen LogP contribution in [0.15, 0.2) is 17.0 Å². The number of anilines is 1. The van der Waals surface area contributed by atoms with Crippen LogP contribution in [0.4, 0.5) is 5.69 Å². The zero-order valence-electron chi connectivity index (χ0n) is 11.5. The van der Waals surface area contributed by atoms with Crippen LogP contribution in [0.3, 0.4) is 0 Å². The number of rotatable bonds is 3. The van der Waals surface area contributed by atoms with Gasteiger partial charge in [0, 0.05) is 6.04 Å². The number of sulfone groups is 1. The Bertz CT molecular complexity index is 616. The van der Waals surface area contributed by atoms with Crippen LogP contribution in [-0.2, 0) is 9.84 Å². The van der Waals surface area contributed by atoms with E-state index in [1.807, 2.05) is 19.0 Å². The summed E-state index contributed by atoms with van der Waals surface area (Å²) in [6.45, 7) is 0. The van der Waals surface area contributed by atoms with Crippen molar-refractivity contribution in [2.24, 2.45) is 0 Å². The summed E-state index contributed by atoms with van der Waals surface area (Å²) in [6.07, 6.45) is 1.92. The molecule has 3 N–H and O–H groups in total. The fraction of sp³-hybridized carbons (Fsp3) is 0.538. The Balaban J connectivity index is 2.40. The highest BCUT2D eigenvalue weighted by Crippen LogP contribution is 2.40. The van der Waals surface area contributed by atoms with Gasteiger partial charge in [0.25, 0.3) is 0 Å². The van der Waals surface area contributed by atoms with E-state index >= 15 is 0 Å². The van der Waals surface area contributed by atoms with Crippen molar-refractivity contribution in [3.8, 4) is 5.75 Å². The maximum atomic E-state index is 12.7. The lowest BCUT2D eigenvalue weighted by Gasteiger charge is -2.19. The molecule has 7 heteroatoms. The molecule has 1 aromatic rings. The molecule has 1 aliphatic carbocycles. The van der Waals surface area contributed by atoms with E-state index in [1.165, 1.54) is 12.1 Å². The second-order valence-electron chi connectivity index (χ2n) is 5.41. The molecule has 0 radical (unpaired) electrons.